The number of rotatable bonds is 11. The van der Waals surface area contributed by atoms with Gasteiger partial charge in [-0.05, 0) is 48.8 Å². The van der Waals surface area contributed by atoms with E-state index in [9.17, 15) is 5.11 Å². The van der Waals surface area contributed by atoms with E-state index in [4.69, 9.17) is 11.6 Å². The first-order valence-electron chi connectivity index (χ1n) is 10.3. The van der Waals surface area contributed by atoms with Gasteiger partial charge >= 0.3 is 5.23 Å². The Morgan fingerprint density at radius 2 is 1.66 bits per heavy atom. The predicted molar refractivity (Wildman–Crippen MR) is 132 cm³/mol. The molecule has 8 heteroatoms. The van der Waals surface area contributed by atoms with Crippen molar-refractivity contribution in [2.24, 2.45) is 0 Å². The molecule has 0 bridgehead atoms. The monoisotopic (exact) mass is 484 g/mol. The highest BCUT2D eigenvalue weighted by molar-refractivity contribution is 8.13. The van der Waals surface area contributed by atoms with E-state index < -0.39 is 0 Å². The van der Waals surface area contributed by atoms with E-state index in [1.54, 1.807) is 11.8 Å². The van der Waals surface area contributed by atoms with Crippen LogP contribution >= 0.6 is 48.2 Å². The average Bonchev–Trinajstić information content (AvgIpc) is 2.68. The SMILES string of the molecule is CCCCCC[NH+]=C(O)SCCCN1CCN(Cc2ccc(Cl)cc2)CC1.Cl.Cl. The molecule has 0 saturated carbocycles. The first-order valence-corrected chi connectivity index (χ1v) is 11.7. The average molecular weight is 486 g/mol. The zero-order chi connectivity index (χ0) is 19.3. The van der Waals surface area contributed by atoms with Gasteiger partial charge in [0, 0.05) is 49.9 Å². The maximum Gasteiger partial charge on any atom is 0.396 e. The zero-order valence-corrected chi connectivity index (χ0v) is 20.7. The molecule has 1 aromatic rings. The molecule has 1 fully saturated rings. The number of hydrogen-bond donors (Lipinski definition) is 2. The van der Waals surface area contributed by atoms with Gasteiger partial charge < -0.3 is 10.0 Å². The van der Waals surface area contributed by atoms with Gasteiger partial charge in [0.25, 0.3) is 0 Å². The summed E-state index contributed by atoms with van der Waals surface area (Å²) >= 11 is 7.50. The topological polar surface area (TPSA) is 40.7 Å². The molecule has 1 heterocycles. The number of aliphatic hydroxyl groups excluding tert-OH is 1. The summed E-state index contributed by atoms with van der Waals surface area (Å²) in [4.78, 5) is 8.17. The van der Waals surface area contributed by atoms with Crippen molar-refractivity contribution < 1.29 is 10.1 Å². The molecule has 2 N–H and O–H groups in total. The highest BCUT2D eigenvalue weighted by Gasteiger charge is 2.16. The van der Waals surface area contributed by atoms with E-state index in [1.165, 1.54) is 24.8 Å². The Bertz CT molecular complexity index is 553. The lowest BCUT2D eigenvalue weighted by Gasteiger charge is -2.34. The van der Waals surface area contributed by atoms with Crippen molar-refractivity contribution in [3.05, 3.63) is 34.9 Å². The number of aliphatic hydroxyl groups is 1. The van der Waals surface area contributed by atoms with Crippen molar-refractivity contribution in [1.29, 1.82) is 0 Å². The Morgan fingerprint density at radius 1 is 1.00 bits per heavy atom. The normalized spacial score (nSPS) is 15.6. The van der Waals surface area contributed by atoms with Crippen molar-refractivity contribution in [2.75, 3.05) is 45.0 Å². The van der Waals surface area contributed by atoms with Crippen LogP contribution in [-0.2, 0) is 6.54 Å². The minimum Gasteiger partial charge on any atom is -0.455 e. The van der Waals surface area contributed by atoms with Crippen LogP contribution in [0.5, 0.6) is 0 Å². The van der Waals surface area contributed by atoms with Crippen molar-refractivity contribution in [3.8, 4) is 0 Å². The van der Waals surface area contributed by atoms with Gasteiger partial charge in [-0.3, -0.25) is 4.90 Å². The van der Waals surface area contributed by atoms with Crippen molar-refractivity contribution >= 4 is 53.4 Å². The molecule has 1 aliphatic heterocycles. The smallest absolute Gasteiger partial charge is 0.396 e. The van der Waals surface area contributed by atoms with E-state index >= 15 is 0 Å². The van der Waals surface area contributed by atoms with E-state index in [0.29, 0.717) is 5.23 Å². The summed E-state index contributed by atoms with van der Waals surface area (Å²) in [5.74, 6) is 0.971. The summed E-state index contributed by atoms with van der Waals surface area (Å²) in [6.45, 7) is 9.71. The highest BCUT2D eigenvalue weighted by atomic mass is 35.5. The second-order valence-electron chi connectivity index (χ2n) is 7.24. The van der Waals surface area contributed by atoms with Gasteiger partial charge in [-0.25, -0.2) is 4.99 Å². The third kappa shape index (κ3) is 13.0. The minimum absolute atomic E-state index is 0. The molecular formula is C21H37Cl3N3OS+. The van der Waals surface area contributed by atoms with Gasteiger partial charge in [-0.2, -0.15) is 0 Å². The standard InChI is InChI=1S/C21H34ClN3OS.2ClH/c1-2-3-4-5-11-23-21(26)27-17-6-12-24-13-15-25(16-14-24)18-19-7-9-20(22)10-8-19;;/h7-10H,2-6,11-18H2,1H3,(H,23,26);2*1H/p+1. The van der Waals surface area contributed by atoms with Gasteiger partial charge in [-0.1, -0.05) is 43.5 Å². The van der Waals surface area contributed by atoms with Crippen LogP contribution in [0.3, 0.4) is 0 Å². The lowest BCUT2D eigenvalue weighted by Crippen LogP contribution is -2.72. The number of piperazine rings is 1. The molecule has 0 atom stereocenters. The lowest BCUT2D eigenvalue weighted by molar-refractivity contribution is -0.463. The Kier molecular flexibility index (Phi) is 17.4. The molecule has 29 heavy (non-hydrogen) atoms. The summed E-state index contributed by atoms with van der Waals surface area (Å²) in [5.41, 5.74) is 1.33. The Balaban J connectivity index is 0.00000392. The van der Waals surface area contributed by atoms with Crippen LogP contribution in [0, 0.1) is 0 Å². The summed E-state index contributed by atoms with van der Waals surface area (Å²) in [7, 11) is 0. The third-order valence-electron chi connectivity index (χ3n) is 4.95. The van der Waals surface area contributed by atoms with E-state index in [2.05, 4.69) is 33.8 Å². The van der Waals surface area contributed by atoms with E-state index in [-0.39, 0.29) is 24.8 Å². The van der Waals surface area contributed by atoms with Crippen LogP contribution in [0.1, 0.15) is 44.6 Å². The quantitative estimate of drug-likeness (QED) is 0.282. The number of thioether (sulfide) groups is 1. The van der Waals surface area contributed by atoms with Gasteiger partial charge in [-0.15, -0.1) is 24.8 Å². The van der Waals surface area contributed by atoms with Gasteiger partial charge in [0.15, 0.2) is 0 Å². The molecule has 1 aliphatic rings. The zero-order valence-electron chi connectivity index (χ0n) is 17.4. The molecule has 2 rings (SSSR count). The van der Waals surface area contributed by atoms with Crippen LogP contribution in [0.4, 0.5) is 0 Å². The maximum absolute atomic E-state index is 9.87. The fourth-order valence-corrected chi connectivity index (χ4v) is 4.07. The molecule has 0 amide bonds. The molecule has 0 spiro atoms. The van der Waals surface area contributed by atoms with Crippen LogP contribution in [0.25, 0.3) is 0 Å². The molecule has 1 aromatic carbocycles. The summed E-state index contributed by atoms with van der Waals surface area (Å²) in [6.07, 6.45) is 6.02. The van der Waals surface area contributed by atoms with Crippen molar-refractivity contribution in [1.82, 2.24) is 9.80 Å². The summed E-state index contributed by atoms with van der Waals surface area (Å²) in [5, 5.41) is 11.1. The minimum atomic E-state index is 0. The van der Waals surface area contributed by atoms with E-state index in [1.807, 2.05) is 12.1 Å². The molecule has 0 aromatic heterocycles. The Labute approximate surface area is 198 Å². The molecule has 1 saturated heterocycles. The van der Waals surface area contributed by atoms with Gasteiger partial charge in [0.1, 0.15) is 6.54 Å². The molecule has 0 radical (unpaired) electrons. The second kappa shape index (κ2) is 17.5. The van der Waals surface area contributed by atoms with Crippen LogP contribution < -0.4 is 4.99 Å². The van der Waals surface area contributed by atoms with Gasteiger partial charge in [0.05, 0.1) is 0 Å². The number of nitrogens with zero attached hydrogens (tertiary/aromatic N) is 2. The third-order valence-corrected chi connectivity index (χ3v) is 6.11. The first kappa shape index (κ1) is 28.8. The van der Waals surface area contributed by atoms with Gasteiger partial charge in [0.2, 0.25) is 0 Å². The second-order valence-corrected chi connectivity index (χ2v) is 8.76. The first-order chi connectivity index (χ1) is 13.2. The molecule has 0 aliphatic carbocycles. The van der Waals surface area contributed by atoms with E-state index in [0.717, 1.165) is 69.4 Å². The molecular weight excluding hydrogens is 449 g/mol. The number of benzene rings is 1. The Morgan fingerprint density at radius 3 is 2.31 bits per heavy atom. The maximum atomic E-state index is 9.87. The molecule has 0 unspecified atom stereocenters. The van der Waals surface area contributed by atoms with Crippen molar-refractivity contribution in [3.63, 3.8) is 0 Å². The largest absolute Gasteiger partial charge is 0.455 e. The fraction of sp³-hybridized carbons (Fsp3) is 0.667. The number of nitrogens with one attached hydrogen (secondary N) is 1. The fourth-order valence-electron chi connectivity index (χ4n) is 3.27. The Hall–Kier alpha value is -0.170. The van der Waals surface area contributed by atoms with Crippen LogP contribution in [0.2, 0.25) is 5.02 Å². The predicted octanol–water partition coefficient (Wildman–Crippen LogP) is 4.00. The van der Waals surface area contributed by atoms with Crippen molar-refractivity contribution in [2.45, 2.75) is 45.6 Å². The highest BCUT2D eigenvalue weighted by Crippen LogP contribution is 2.13. The summed E-state index contributed by atoms with van der Waals surface area (Å²) in [6, 6.07) is 8.17. The number of hydrogen-bond acceptors (Lipinski definition) is 3. The number of halogens is 3. The molecule has 4 nitrogen and oxygen atoms in total. The molecule has 168 valence electrons. The van der Waals surface area contributed by atoms with Crippen LogP contribution in [-0.4, -0.2) is 65.2 Å². The lowest BCUT2D eigenvalue weighted by atomic mass is 10.2. The summed E-state index contributed by atoms with van der Waals surface area (Å²) < 4.78 is 0. The number of unbranched alkanes of at least 4 members (excludes halogenated alkanes) is 3. The van der Waals surface area contributed by atoms with Crippen LogP contribution in [0.15, 0.2) is 24.3 Å².